The summed E-state index contributed by atoms with van der Waals surface area (Å²) in [6.07, 6.45) is -3.06. The lowest BCUT2D eigenvalue weighted by molar-refractivity contribution is -0.137. The maximum absolute atomic E-state index is 13.3. The molecule has 0 unspecified atom stereocenters. The van der Waals surface area contributed by atoms with E-state index in [1.54, 1.807) is 10.8 Å². The first-order valence-corrected chi connectivity index (χ1v) is 10.1. The number of halogens is 4. The van der Waals surface area contributed by atoms with Gasteiger partial charge in [-0.3, -0.25) is 4.79 Å². The summed E-state index contributed by atoms with van der Waals surface area (Å²) in [5, 5.41) is -0.444. The van der Waals surface area contributed by atoms with Gasteiger partial charge in [0.25, 0.3) is 0 Å². The lowest BCUT2D eigenvalue weighted by Gasteiger charge is -2.17. The Balaban J connectivity index is 1.70. The van der Waals surface area contributed by atoms with Gasteiger partial charge < -0.3 is 9.30 Å². The predicted molar refractivity (Wildman–Crippen MR) is 118 cm³/mol. The summed E-state index contributed by atoms with van der Waals surface area (Å²) >= 11 is 6.12. The zero-order valence-corrected chi connectivity index (χ0v) is 17.4. The summed E-state index contributed by atoms with van der Waals surface area (Å²) in [6.45, 7) is 0.300. The Bertz CT molecular complexity index is 1300. The molecular formula is C25H17ClF3NO2. The van der Waals surface area contributed by atoms with Crippen molar-refractivity contribution in [1.29, 1.82) is 0 Å². The third-order valence-electron chi connectivity index (χ3n) is 4.82. The Morgan fingerprint density at radius 1 is 0.844 bits per heavy atom. The topological polar surface area (TPSA) is 31.2 Å². The Kier molecular flexibility index (Phi) is 6.06. The maximum Gasteiger partial charge on any atom is 0.417 e. The van der Waals surface area contributed by atoms with Gasteiger partial charge in [-0.2, -0.15) is 13.2 Å². The number of pyridine rings is 1. The molecule has 0 amide bonds. The molecule has 3 aromatic carbocycles. The van der Waals surface area contributed by atoms with E-state index >= 15 is 0 Å². The molecule has 0 saturated carbocycles. The Morgan fingerprint density at radius 3 is 2.31 bits per heavy atom. The molecule has 32 heavy (non-hydrogen) atoms. The Hall–Kier alpha value is -3.51. The number of nitrogens with zero attached hydrogens (tertiary/aromatic N) is 1. The smallest absolute Gasteiger partial charge is 0.417 e. The Labute approximate surface area is 187 Å². The van der Waals surface area contributed by atoms with Gasteiger partial charge in [0.05, 0.1) is 16.3 Å². The molecule has 4 rings (SSSR count). The van der Waals surface area contributed by atoms with E-state index in [1.165, 1.54) is 24.3 Å². The fourth-order valence-corrected chi connectivity index (χ4v) is 3.69. The van der Waals surface area contributed by atoms with Gasteiger partial charge in [0, 0.05) is 30.4 Å². The molecule has 3 nitrogen and oxygen atoms in total. The molecule has 0 fully saturated rings. The van der Waals surface area contributed by atoms with Gasteiger partial charge in [-0.25, -0.2) is 0 Å². The highest BCUT2D eigenvalue weighted by atomic mass is 35.5. The number of aromatic nitrogens is 1. The minimum absolute atomic E-state index is 0.135. The molecule has 7 heteroatoms. The number of benzene rings is 3. The number of ether oxygens (including phenoxy) is 1. The zero-order chi connectivity index (χ0) is 22.7. The number of hydrogen-bond donors (Lipinski definition) is 0. The largest absolute Gasteiger partial charge is 0.457 e. The average Bonchev–Trinajstić information content (AvgIpc) is 2.75. The second kappa shape index (κ2) is 8.93. The molecule has 162 valence electrons. The number of rotatable bonds is 5. The second-order valence-corrected chi connectivity index (χ2v) is 7.48. The van der Waals surface area contributed by atoms with Crippen LogP contribution in [-0.2, 0) is 12.7 Å². The van der Waals surface area contributed by atoms with E-state index in [1.807, 2.05) is 54.6 Å². The molecule has 0 radical (unpaired) electrons. The monoisotopic (exact) mass is 455 g/mol. The molecule has 4 aromatic rings. The van der Waals surface area contributed by atoms with Crippen LogP contribution in [0.15, 0.2) is 95.9 Å². The zero-order valence-electron chi connectivity index (χ0n) is 16.6. The van der Waals surface area contributed by atoms with Crippen molar-refractivity contribution in [3.63, 3.8) is 0 Å². The van der Waals surface area contributed by atoms with Crippen molar-refractivity contribution in [1.82, 2.24) is 4.57 Å². The van der Waals surface area contributed by atoms with E-state index in [2.05, 4.69) is 0 Å². The molecule has 1 heterocycles. The van der Waals surface area contributed by atoms with Crippen LogP contribution in [0.2, 0.25) is 5.02 Å². The third-order valence-corrected chi connectivity index (χ3v) is 5.22. The summed E-state index contributed by atoms with van der Waals surface area (Å²) in [4.78, 5) is 12.0. The second-order valence-electron chi connectivity index (χ2n) is 7.10. The molecule has 0 aliphatic carbocycles. The van der Waals surface area contributed by atoms with Crippen LogP contribution in [0.1, 0.15) is 11.1 Å². The van der Waals surface area contributed by atoms with Crippen molar-refractivity contribution in [3.05, 3.63) is 117 Å². The van der Waals surface area contributed by atoms with Gasteiger partial charge in [-0.05, 0) is 35.9 Å². The average molecular weight is 456 g/mol. The number of para-hydroxylation sites is 1. The van der Waals surface area contributed by atoms with E-state index in [4.69, 9.17) is 16.3 Å². The van der Waals surface area contributed by atoms with Crippen LogP contribution >= 0.6 is 11.6 Å². The molecule has 1 aromatic heterocycles. The quantitative estimate of drug-likeness (QED) is 0.323. The minimum Gasteiger partial charge on any atom is -0.457 e. The summed E-state index contributed by atoms with van der Waals surface area (Å²) in [5.41, 5.74) is -0.00559. The maximum atomic E-state index is 13.3. The van der Waals surface area contributed by atoms with Crippen LogP contribution in [-0.4, -0.2) is 4.57 Å². The Morgan fingerprint density at radius 2 is 1.56 bits per heavy atom. The van der Waals surface area contributed by atoms with Gasteiger partial charge in [0.1, 0.15) is 11.5 Å². The van der Waals surface area contributed by atoms with Crippen molar-refractivity contribution in [2.24, 2.45) is 0 Å². The van der Waals surface area contributed by atoms with Crippen LogP contribution in [0.4, 0.5) is 13.2 Å². The first-order chi connectivity index (χ1) is 15.3. The molecular weight excluding hydrogens is 439 g/mol. The van der Waals surface area contributed by atoms with Crippen LogP contribution in [0.3, 0.4) is 0 Å². The van der Waals surface area contributed by atoms with Gasteiger partial charge in [0.15, 0.2) is 5.43 Å². The van der Waals surface area contributed by atoms with Gasteiger partial charge in [0.2, 0.25) is 0 Å². The summed E-state index contributed by atoms with van der Waals surface area (Å²) in [5.74, 6) is 1.30. The van der Waals surface area contributed by atoms with Crippen LogP contribution in [0, 0.1) is 0 Å². The highest BCUT2D eigenvalue weighted by molar-refractivity contribution is 6.34. The van der Waals surface area contributed by atoms with Crippen molar-refractivity contribution in [3.8, 4) is 22.8 Å². The fraction of sp³-hybridized carbons (Fsp3) is 0.0800. The highest BCUT2D eigenvalue weighted by Crippen LogP contribution is 2.39. The normalized spacial score (nSPS) is 11.4. The van der Waals surface area contributed by atoms with E-state index < -0.39 is 16.8 Å². The van der Waals surface area contributed by atoms with E-state index in [0.717, 1.165) is 11.6 Å². The van der Waals surface area contributed by atoms with Crippen molar-refractivity contribution in [2.75, 3.05) is 0 Å². The summed E-state index contributed by atoms with van der Waals surface area (Å²) in [6, 6.07) is 22.9. The number of alkyl halides is 3. The fourth-order valence-electron chi connectivity index (χ4n) is 3.36. The first kappa shape index (κ1) is 21.7. The first-order valence-electron chi connectivity index (χ1n) is 9.70. The van der Waals surface area contributed by atoms with Gasteiger partial charge in [-0.1, -0.05) is 54.1 Å². The van der Waals surface area contributed by atoms with E-state index in [9.17, 15) is 18.0 Å². The molecule has 0 N–H and O–H groups in total. The standard InChI is InChI=1S/C25H17ClF3NO2/c26-24-21(10-5-11-22(24)25(27,28)29)23-15-18(31)12-13-30(23)16-17-6-4-9-20(14-17)32-19-7-2-1-3-8-19/h1-15H,16H2. The number of hydrogen-bond acceptors (Lipinski definition) is 2. The van der Waals surface area contributed by atoms with Gasteiger partial charge >= 0.3 is 6.18 Å². The third kappa shape index (κ3) is 4.86. The minimum atomic E-state index is -4.60. The molecule has 0 bridgehead atoms. The van der Waals surface area contributed by atoms with E-state index in [-0.39, 0.29) is 11.0 Å². The molecule has 0 atom stereocenters. The van der Waals surface area contributed by atoms with Crippen LogP contribution < -0.4 is 10.2 Å². The molecule has 0 aliphatic heterocycles. The summed E-state index contributed by atoms with van der Waals surface area (Å²) in [7, 11) is 0. The predicted octanol–water partition coefficient (Wildman–Crippen LogP) is 7.03. The van der Waals surface area contributed by atoms with Crippen LogP contribution in [0.25, 0.3) is 11.3 Å². The molecule has 0 saturated heterocycles. The lowest BCUT2D eigenvalue weighted by Crippen LogP contribution is -2.11. The molecule has 0 spiro atoms. The summed E-state index contributed by atoms with van der Waals surface area (Å²) < 4.78 is 47.5. The SMILES string of the molecule is O=c1ccn(Cc2cccc(Oc3ccccc3)c2)c(-c2cccc(C(F)(F)F)c2Cl)c1. The van der Waals surface area contributed by atoms with Crippen molar-refractivity contribution in [2.45, 2.75) is 12.7 Å². The van der Waals surface area contributed by atoms with Crippen molar-refractivity contribution < 1.29 is 17.9 Å². The van der Waals surface area contributed by atoms with E-state index in [0.29, 0.717) is 23.7 Å². The van der Waals surface area contributed by atoms with Crippen LogP contribution in [0.5, 0.6) is 11.5 Å². The highest BCUT2D eigenvalue weighted by Gasteiger charge is 2.34. The van der Waals surface area contributed by atoms with Crippen molar-refractivity contribution >= 4 is 11.6 Å². The molecule has 0 aliphatic rings. The van der Waals surface area contributed by atoms with Gasteiger partial charge in [-0.15, -0.1) is 0 Å². The lowest BCUT2D eigenvalue weighted by atomic mass is 10.1.